The highest BCUT2D eigenvalue weighted by Crippen LogP contribution is 2.31. The summed E-state index contributed by atoms with van der Waals surface area (Å²) in [4.78, 5) is 15.9. The molecule has 0 saturated heterocycles. The molecule has 0 spiro atoms. The molecule has 0 saturated carbocycles. The van der Waals surface area contributed by atoms with Crippen LogP contribution in [0.1, 0.15) is 21.5 Å². The van der Waals surface area contributed by atoms with Crippen molar-refractivity contribution < 1.29 is 14.3 Å². The molecule has 0 radical (unpaired) electrons. The summed E-state index contributed by atoms with van der Waals surface area (Å²) >= 11 is 23.6. The molecule has 0 amide bonds. The number of nitrogens with zero attached hydrogens (tertiary/aromatic N) is 1. The summed E-state index contributed by atoms with van der Waals surface area (Å²) in [6.07, 6.45) is -1.03. The molecule has 0 aromatic heterocycles. The number of ether oxygens (including phenoxy) is 2. The summed E-state index contributed by atoms with van der Waals surface area (Å²) in [5.41, 5.74) is 2.85. The normalized spacial score (nSPS) is 12.7. The van der Waals surface area contributed by atoms with E-state index in [-0.39, 0.29) is 11.0 Å². The van der Waals surface area contributed by atoms with Gasteiger partial charge in [-0.25, -0.2) is 9.79 Å². The molecule has 2 N–H and O–H groups in total. The van der Waals surface area contributed by atoms with Crippen LogP contribution in [-0.4, -0.2) is 41.2 Å². The molecule has 0 aliphatic carbocycles. The number of carbonyl (C=O) groups is 1. The number of carbonyl (C=O) groups excluding carboxylic acids is 1. The third-order valence-electron chi connectivity index (χ3n) is 3.88. The van der Waals surface area contributed by atoms with E-state index >= 15 is 0 Å². The van der Waals surface area contributed by atoms with Crippen LogP contribution in [0.25, 0.3) is 0 Å². The first-order chi connectivity index (χ1) is 14.1. The van der Waals surface area contributed by atoms with Crippen molar-refractivity contribution in [2.75, 3.05) is 19.5 Å². The Morgan fingerprint density at radius 3 is 2.07 bits per heavy atom. The minimum Gasteiger partial charge on any atom is -0.481 e. The van der Waals surface area contributed by atoms with Gasteiger partial charge in [0.25, 0.3) is 0 Å². The van der Waals surface area contributed by atoms with E-state index in [1.807, 2.05) is 31.2 Å². The van der Waals surface area contributed by atoms with Gasteiger partial charge < -0.3 is 20.1 Å². The van der Waals surface area contributed by atoms with Gasteiger partial charge in [0.05, 0.1) is 19.8 Å². The maximum Gasteiger partial charge on any atom is 0.337 e. The second-order valence-corrected chi connectivity index (χ2v) is 8.89. The van der Waals surface area contributed by atoms with Crippen molar-refractivity contribution in [3.63, 3.8) is 0 Å². The van der Waals surface area contributed by atoms with Gasteiger partial charge in [-0.15, -0.1) is 0 Å². The maximum atomic E-state index is 11.5. The van der Waals surface area contributed by atoms with E-state index in [0.29, 0.717) is 11.3 Å². The SMILES string of the molecule is COC(=O)c1ccc(NC(=S)N[C@@H](N=C(OC)c2ccc(C)cc2)C(Cl)(Cl)Cl)cc1. The lowest BCUT2D eigenvalue weighted by Gasteiger charge is -2.24. The summed E-state index contributed by atoms with van der Waals surface area (Å²) in [6.45, 7) is 1.97. The molecule has 30 heavy (non-hydrogen) atoms. The molecule has 0 fully saturated rings. The van der Waals surface area contributed by atoms with Crippen LogP contribution >= 0.6 is 47.0 Å². The fourth-order valence-corrected chi connectivity index (χ4v) is 2.88. The largest absolute Gasteiger partial charge is 0.481 e. The number of thiocarbonyl (C=S) groups is 1. The van der Waals surface area contributed by atoms with Crippen LogP contribution in [0.2, 0.25) is 0 Å². The van der Waals surface area contributed by atoms with Crippen molar-refractivity contribution in [3.05, 3.63) is 65.2 Å². The number of benzene rings is 2. The summed E-state index contributed by atoms with van der Waals surface area (Å²) < 4.78 is 8.23. The van der Waals surface area contributed by atoms with Gasteiger partial charge in [0.1, 0.15) is 0 Å². The van der Waals surface area contributed by atoms with Gasteiger partial charge in [-0.05, 0) is 55.5 Å². The van der Waals surface area contributed by atoms with Gasteiger partial charge in [0.2, 0.25) is 9.69 Å². The number of aryl methyl sites for hydroxylation is 1. The first-order valence-corrected chi connectivity index (χ1v) is 10.2. The number of hydrogen-bond donors (Lipinski definition) is 2. The van der Waals surface area contributed by atoms with E-state index in [2.05, 4.69) is 20.4 Å². The summed E-state index contributed by atoms with van der Waals surface area (Å²) in [5.74, 6) is -0.153. The Morgan fingerprint density at radius 2 is 1.57 bits per heavy atom. The number of aliphatic imine (C=N–C) groups is 1. The highest BCUT2D eigenvalue weighted by Gasteiger charge is 2.34. The standard InChI is InChI=1S/C20H20Cl3N3O3S/c1-12-4-6-13(7-5-12)16(28-2)25-18(20(21,22)23)26-19(30)24-15-10-8-14(9-11-15)17(27)29-3/h4-11,18H,1-3H3,(H2,24,26,30)/t18-/m1/s1. The van der Waals surface area contributed by atoms with Gasteiger partial charge in [0, 0.05) is 11.3 Å². The maximum absolute atomic E-state index is 11.5. The molecule has 0 unspecified atom stereocenters. The van der Waals surface area contributed by atoms with Crippen molar-refractivity contribution in [2.45, 2.75) is 16.9 Å². The Hall–Kier alpha value is -2.06. The fourth-order valence-electron chi connectivity index (χ4n) is 2.34. The number of hydrogen-bond acceptors (Lipinski definition) is 5. The summed E-state index contributed by atoms with van der Waals surface area (Å²) in [6, 6.07) is 14.1. The van der Waals surface area contributed by atoms with Crippen LogP contribution in [0.4, 0.5) is 5.69 Å². The highest BCUT2D eigenvalue weighted by molar-refractivity contribution is 7.80. The molecule has 160 valence electrons. The number of alkyl halides is 3. The molecule has 0 aliphatic rings. The predicted octanol–water partition coefficient (Wildman–Crippen LogP) is 4.86. The highest BCUT2D eigenvalue weighted by atomic mass is 35.6. The molecule has 2 aromatic rings. The lowest BCUT2D eigenvalue weighted by molar-refractivity contribution is 0.0601. The van der Waals surface area contributed by atoms with E-state index in [1.54, 1.807) is 24.3 Å². The van der Waals surface area contributed by atoms with Crippen molar-refractivity contribution in [3.8, 4) is 0 Å². The Balaban J connectivity index is 2.16. The number of anilines is 1. The third-order valence-corrected chi connectivity index (χ3v) is 4.72. The first-order valence-electron chi connectivity index (χ1n) is 8.65. The van der Waals surface area contributed by atoms with E-state index in [0.717, 1.165) is 11.1 Å². The molecule has 0 aliphatic heterocycles. The Bertz CT molecular complexity index is 914. The zero-order valence-electron chi connectivity index (χ0n) is 16.4. The average Bonchev–Trinajstić information content (AvgIpc) is 2.71. The second-order valence-electron chi connectivity index (χ2n) is 6.12. The Kier molecular flexibility index (Phi) is 8.73. The van der Waals surface area contributed by atoms with Gasteiger partial charge in [-0.1, -0.05) is 52.5 Å². The monoisotopic (exact) mass is 487 g/mol. The quantitative estimate of drug-likeness (QED) is 0.206. The van der Waals surface area contributed by atoms with Crippen molar-refractivity contribution in [1.29, 1.82) is 0 Å². The van der Waals surface area contributed by atoms with E-state index in [9.17, 15) is 4.79 Å². The summed E-state index contributed by atoms with van der Waals surface area (Å²) in [5, 5.41) is 5.98. The van der Waals surface area contributed by atoms with E-state index in [1.165, 1.54) is 14.2 Å². The van der Waals surface area contributed by atoms with Gasteiger partial charge >= 0.3 is 5.97 Å². The van der Waals surface area contributed by atoms with Crippen LogP contribution in [0.15, 0.2) is 53.5 Å². The Labute approximate surface area is 195 Å². The molecule has 2 aromatic carbocycles. The molecule has 0 bridgehead atoms. The van der Waals surface area contributed by atoms with Gasteiger partial charge in [-0.2, -0.15) is 0 Å². The van der Waals surface area contributed by atoms with Crippen molar-refractivity contribution in [1.82, 2.24) is 5.32 Å². The average molecular weight is 489 g/mol. The Morgan fingerprint density at radius 1 is 1.00 bits per heavy atom. The third kappa shape index (κ3) is 7.02. The van der Waals surface area contributed by atoms with Crippen LogP contribution in [-0.2, 0) is 9.47 Å². The van der Waals surface area contributed by atoms with E-state index in [4.69, 9.17) is 51.8 Å². The van der Waals surface area contributed by atoms with Crippen LogP contribution in [0.5, 0.6) is 0 Å². The molecular formula is C20H20Cl3N3O3S. The van der Waals surface area contributed by atoms with Crippen LogP contribution in [0.3, 0.4) is 0 Å². The molecule has 0 heterocycles. The first kappa shape index (κ1) is 24.2. The molecule has 2 rings (SSSR count). The molecular weight excluding hydrogens is 469 g/mol. The fraction of sp³-hybridized carbons (Fsp3) is 0.250. The van der Waals surface area contributed by atoms with Crippen LogP contribution in [0, 0.1) is 6.92 Å². The number of halogens is 3. The predicted molar refractivity (Wildman–Crippen MR) is 126 cm³/mol. The smallest absolute Gasteiger partial charge is 0.337 e. The number of nitrogens with one attached hydrogen (secondary N) is 2. The molecule has 10 heteroatoms. The van der Waals surface area contributed by atoms with Crippen molar-refractivity contribution >= 4 is 69.7 Å². The zero-order valence-corrected chi connectivity index (χ0v) is 19.5. The number of rotatable bonds is 5. The minimum atomic E-state index is -1.81. The number of methoxy groups -OCH3 is 2. The summed E-state index contributed by atoms with van der Waals surface area (Å²) in [7, 11) is 2.80. The molecule has 6 nitrogen and oxygen atoms in total. The number of esters is 1. The molecule has 1 atom stereocenters. The van der Waals surface area contributed by atoms with E-state index < -0.39 is 15.9 Å². The van der Waals surface area contributed by atoms with Gasteiger partial charge in [-0.3, -0.25) is 0 Å². The lowest BCUT2D eigenvalue weighted by atomic mass is 10.1. The van der Waals surface area contributed by atoms with Crippen molar-refractivity contribution in [2.24, 2.45) is 4.99 Å². The lowest BCUT2D eigenvalue weighted by Crippen LogP contribution is -2.45. The van der Waals surface area contributed by atoms with Gasteiger partial charge in [0.15, 0.2) is 11.3 Å². The van der Waals surface area contributed by atoms with Crippen LogP contribution < -0.4 is 10.6 Å². The topological polar surface area (TPSA) is 72.0 Å². The minimum absolute atomic E-state index is 0.167. The second kappa shape index (κ2) is 10.8. The zero-order chi connectivity index (χ0) is 22.3.